The second kappa shape index (κ2) is 18.9. The van der Waals surface area contributed by atoms with Crippen molar-refractivity contribution in [3.63, 3.8) is 0 Å². The van der Waals surface area contributed by atoms with Crippen LogP contribution < -0.4 is 10.7 Å². The van der Waals surface area contributed by atoms with Crippen molar-refractivity contribution in [2.45, 2.75) is 96.8 Å². The van der Waals surface area contributed by atoms with E-state index < -0.39 is 0 Å². The number of halogens is 1. The maximum absolute atomic E-state index is 6.08. The van der Waals surface area contributed by atoms with Gasteiger partial charge >= 0.3 is 0 Å². The van der Waals surface area contributed by atoms with Gasteiger partial charge in [-0.05, 0) is 24.7 Å². The molecule has 3 nitrogen and oxygen atoms in total. The van der Waals surface area contributed by atoms with Crippen molar-refractivity contribution in [2.24, 2.45) is 5.10 Å². The largest absolute Gasteiger partial charge is 0.361 e. The minimum atomic E-state index is 0.558. The van der Waals surface area contributed by atoms with Gasteiger partial charge in [-0.15, -0.1) is 0 Å². The van der Waals surface area contributed by atoms with Crippen molar-refractivity contribution >= 4 is 35.1 Å². The van der Waals surface area contributed by atoms with E-state index >= 15 is 0 Å². The number of thiocarbonyl (C=S) groups is 1. The van der Waals surface area contributed by atoms with Gasteiger partial charge in [-0.25, -0.2) is 0 Å². The van der Waals surface area contributed by atoms with Crippen LogP contribution in [0.3, 0.4) is 0 Å². The van der Waals surface area contributed by atoms with Gasteiger partial charge in [0.2, 0.25) is 0 Å². The fourth-order valence-electron chi connectivity index (χ4n) is 3.30. The number of unbranched alkanes of at least 4 members (excludes halogenated alkanes) is 13. The molecular weight excluding hydrogens is 398 g/mol. The van der Waals surface area contributed by atoms with Gasteiger partial charge in [0, 0.05) is 17.1 Å². The van der Waals surface area contributed by atoms with E-state index in [1.54, 1.807) is 6.21 Å². The Hall–Kier alpha value is -1.13. The number of hydrazone groups is 1. The molecule has 1 aromatic rings. The summed E-state index contributed by atoms with van der Waals surface area (Å²) in [5, 5.41) is 8.57. The van der Waals surface area contributed by atoms with Crippen molar-refractivity contribution in [3.8, 4) is 0 Å². The summed E-state index contributed by atoms with van der Waals surface area (Å²) in [7, 11) is 0. The van der Waals surface area contributed by atoms with Crippen molar-refractivity contribution < 1.29 is 0 Å². The number of nitrogens with zero attached hydrogens (tertiary/aromatic N) is 1. The van der Waals surface area contributed by atoms with Crippen LogP contribution in [-0.4, -0.2) is 17.9 Å². The van der Waals surface area contributed by atoms with Gasteiger partial charge in [-0.3, -0.25) is 5.43 Å². The maximum atomic E-state index is 6.08. The molecule has 0 heterocycles. The summed E-state index contributed by atoms with van der Waals surface area (Å²) in [4.78, 5) is 0. The van der Waals surface area contributed by atoms with Crippen LogP contribution in [0.1, 0.15) is 102 Å². The van der Waals surface area contributed by atoms with E-state index in [2.05, 4.69) is 22.8 Å². The summed E-state index contributed by atoms with van der Waals surface area (Å²) < 4.78 is 0. The van der Waals surface area contributed by atoms with Crippen LogP contribution in [-0.2, 0) is 0 Å². The van der Waals surface area contributed by atoms with E-state index in [1.807, 2.05) is 24.3 Å². The lowest BCUT2D eigenvalue weighted by Gasteiger charge is -2.07. The summed E-state index contributed by atoms with van der Waals surface area (Å²) in [5.41, 5.74) is 3.71. The average Bonchev–Trinajstić information content (AvgIpc) is 2.72. The molecule has 0 aliphatic heterocycles. The Kier molecular flexibility index (Phi) is 16.9. The Morgan fingerprint density at radius 3 is 1.93 bits per heavy atom. The summed E-state index contributed by atoms with van der Waals surface area (Å²) in [6.07, 6.45) is 20.9. The highest BCUT2D eigenvalue weighted by atomic mass is 35.5. The number of hydrogen-bond donors (Lipinski definition) is 2. The third-order valence-corrected chi connectivity index (χ3v) is 5.67. The molecule has 0 aromatic heterocycles. The summed E-state index contributed by atoms with van der Waals surface area (Å²) in [6, 6.07) is 7.59. The van der Waals surface area contributed by atoms with Crippen LogP contribution >= 0.6 is 23.8 Å². The third kappa shape index (κ3) is 15.4. The topological polar surface area (TPSA) is 36.4 Å². The molecule has 0 aliphatic rings. The molecule has 29 heavy (non-hydrogen) atoms. The van der Waals surface area contributed by atoms with E-state index in [9.17, 15) is 0 Å². The van der Waals surface area contributed by atoms with E-state index in [-0.39, 0.29) is 0 Å². The first kappa shape index (κ1) is 25.9. The number of hydrogen-bond acceptors (Lipinski definition) is 2. The molecular formula is C24H40ClN3S. The summed E-state index contributed by atoms with van der Waals surface area (Å²) >= 11 is 11.3. The lowest BCUT2D eigenvalue weighted by Crippen LogP contribution is -2.32. The summed E-state index contributed by atoms with van der Waals surface area (Å²) in [5.74, 6) is 0. The van der Waals surface area contributed by atoms with Gasteiger partial charge in [0.15, 0.2) is 5.11 Å². The fraction of sp³-hybridized carbons (Fsp3) is 0.667. The molecule has 1 rings (SSSR count). The van der Waals surface area contributed by atoms with E-state index in [0.29, 0.717) is 10.1 Å². The van der Waals surface area contributed by atoms with Crippen LogP contribution in [0.15, 0.2) is 29.4 Å². The minimum Gasteiger partial charge on any atom is -0.361 e. The number of nitrogens with one attached hydrogen (secondary N) is 2. The monoisotopic (exact) mass is 437 g/mol. The Morgan fingerprint density at radius 2 is 1.38 bits per heavy atom. The van der Waals surface area contributed by atoms with Gasteiger partial charge in [0.1, 0.15) is 0 Å². The quantitative estimate of drug-likeness (QED) is 0.114. The van der Waals surface area contributed by atoms with E-state index in [4.69, 9.17) is 23.8 Å². The van der Waals surface area contributed by atoms with Crippen molar-refractivity contribution in [2.75, 3.05) is 6.54 Å². The van der Waals surface area contributed by atoms with Crippen LogP contribution in [0.5, 0.6) is 0 Å². The number of benzene rings is 1. The molecule has 164 valence electrons. The van der Waals surface area contributed by atoms with Crippen LogP contribution in [0.4, 0.5) is 0 Å². The lowest BCUT2D eigenvalue weighted by atomic mass is 10.0. The lowest BCUT2D eigenvalue weighted by molar-refractivity contribution is 0.535. The third-order valence-electron chi connectivity index (χ3n) is 5.09. The first-order chi connectivity index (χ1) is 14.2. The van der Waals surface area contributed by atoms with Gasteiger partial charge in [-0.2, -0.15) is 5.10 Å². The van der Waals surface area contributed by atoms with Gasteiger partial charge in [0.25, 0.3) is 0 Å². The SMILES string of the molecule is CCCCCCCCCCCCCCCCNC(=S)NN=Cc1ccccc1Cl. The highest BCUT2D eigenvalue weighted by molar-refractivity contribution is 7.80. The standard InChI is InChI=1S/C24H40ClN3S/c1-2-3-4-5-6-7-8-9-10-11-12-13-14-17-20-26-24(29)28-27-21-22-18-15-16-19-23(22)25/h15-16,18-19,21H,2-14,17,20H2,1H3,(H2,26,28,29). The van der Waals surface area contributed by atoms with E-state index in [0.717, 1.165) is 18.5 Å². The molecule has 0 saturated carbocycles. The molecule has 0 unspecified atom stereocenters. The maximum Gasteiger partial charge on any atom is 0.186 e. The zero-order chi connectivity index (χ0) is 21.0. The highest BCUT2D eigenvalue weighted by Gasteiger charge is 1.97. The van der Waals surface area contributed by atoms with Crippen LogP contribution in [0.25, 0.3) is 0 Å². The molecule has 0 atom stereocenters. The molecule has 0 aliphatic carbocycles. The number of rotatable bonds is 17. The van der Waals surface area contributed by atoms with Crippen molar-refractivity contribution in [3.05, 3.63) is 34.9 Å². The Bertz CT molecular complexity index is 563. The molecule has 0 radical (unpaired) electrons. The second-order valence-electron chi connectivity index (χ2n) is 7.74. The zero-order valence-electron chi connectivity index (χ0n) is 18.2. The molecule has 0 spiro atoms. The molecule has 5 heteroatoms. The first-order valence-corrected chi connectivity index (χ1v) is 12.3. The normalized spacial score (nSPS) is 11.1. The molecule has 1 aromatic carbocycles. The zero-order valence-corrected chi connectivity index (χ0v) is 19.8. The predicted molar refractivity (Wildman–Crippen MR) is 133 cm³/mol. The minimum absolute atomic E-state index is 0.558. The van der Waals surface area contributed by atoms with Crippen LogP contribution in [0, 0.1) is 0 Å². The molecule has 0 saturated heterocycles. The predicted octanol–water partition coefficient (Wildman–Crippen LogP) is 7.62. The molecule has 0 fully saturated rings. The fourth-order valence-corrected chi connectivity index (χ4v) is 3.64. The molecule has 2 N–H and O–H groups in total. The van der Waals surface area contributed by atoms with Crippen molar-refractivity contribution in [1.82, 2.24) is 10.7 Å². The summed E-state index contributed by atoms with van der Waals surface area (Å²) in [6.45, 7) is 3.17. The van der Waals surface area contributed by atoms with E-state index in [1.165, 1.54) is 83.5 Å². The Labute approximate surface area is 189 Å². The first-order valence-electron chi connectivity index (χ1n) is 11.6. The average molecular weight is 438 g/mol. The smallest absolute Gasteiger partial charge is 0.186 e. The van der Waals surface area contributed by atoms with Crippen LogP contribution in [0.2, 0.25) is 5.02 Å². The molecule has 0 bridgehead atoms. The van der Waals surface area contributed by atoms with Gasteiger partial charge < -0.3 is 5.32 Å². The Balaban J connectivity index is 1.85. The van der Waals surface area contributed by atoms with Crippen molar-refractivity contribution in [1.29, 1.82) is 0 Å². The molecule has 0 amide bonds. The second-order valence-corrected chi connectivity index (χ2v) is 8.56. The van der Waals surface area contributed by atoms with Gasteiger partial charge in [-0.1, -0.05) is 120 Å². The van der Waals surface area contributed by atoms with Gasteiger partial charge in [0.05, 0.1) is 6.21 Å². The highest BCUT2D eigenvalue weighted by Crippen LogP contribution is 2.13. The Morgan fingerprint density at radius 1 is 0.862 bits per heavy atom.